The predicted molar refractivity (Wildman–Crippen MR) is 82.0 cm³/mol. The fourth-order valence-electron chi connectivity index (χ4n) is 2.38. The maximum atomic E-state index is 6.16. The van der Waals surface area contributed by atoms with Crippen LogP contribution in [0.5, 0.6) is 5.88 Å². The Labute approximate surface area is 121 Å². The van der Waals surface area contributed by atoms with Crippen molar-refractivity contribution in [3.05, 3.63) is 5.82 Å². The van der Waals surface area contributed by atoms with Crippen LogP contribution in [-0.4, -0.2) is 22.6 Å². The normalized spacial score (nSPS) is 15.8. The van der Waals surface area contributed by atoms with Gasteiger partial charge in [0.1, 0.15) is 11.5 Å². The highest BCUT2D eigenvalue weighted by Gasteiger charge is 2.19. The standard InChI is InChI=1S/C15H26N4O/c1-4-12-18-14(17-11-7-5-6-8-11)13(16)15(19-12)20-9-10(2)3/h10-11H,4-9,16H2,1-3H3,(H,17,18,19). The average Bonchev–Trinajstić information content (AvgIpc) is 2.92. The summed E-state index contributed by atoms with van der Waals surface area (Å²) in [5.74, 6) is 2.48. The maximum absolute atomic E-state index is 6.16. The van der Waals surface area contributed by atoms with E-state index in [1.165, 1.54) is 25.7 Å². The third-order valence-electron chi connectivity index (χ3n) is 3.52. The molecule has 20 heavy (non-hydrogen) atoms. The SMILES string of the molecule is CCc1nc(NC2CCCC2)c(N)c(OCC(C)C)n1. The molecule has 1 fully saturated rings. The first-order valence-electron chi connectivity index (χ1n) is 7.65. The van der Waals surface area contributed by atoms with Gasteiger partial charge < -0.3 is 15.8 Å². The van der Waals surface area contributed by atoms with Crippen LogP contribution in [0.2, 0.25) is 0 Å². The van der Waals surface area contributed by atoms with Crippen molar-refractivity contribution in [2.45, 2.75) is 58.9 Å². The number of ether oxygens (including phenoxy) is 1. The van der Waals surface area contributed by atoms with Crippen LogP contribution >= 0.6 is 0 Å². The van der Waals surface area contributed by atoms with Gasteiger partial charge in [-0.3, -0.25) is 0 Å². The summed E-state index contributed by atoms with van der Waals surface area (Å²) >= 11 is 0. The fourth-order valence-corrected chi connectivity index (χ4v) is 2.38. The highest BCUT2D eigenvalue weighted by atomic mass is 16.5. The van der Waals surface area contributed by atoms with Gasteiger partial charge in [0.15, 0.2) is 5.82 Å². The number of aromatic nitrogens is 2. The minimum absolute atomic E-state index is 0.445. The zero-order valence-electron chi connectivity index (χ0n) is 12.8. The quantitative estimate of drug-likeness (QED) is 0.836. The summed E-state index contributed by atoms with van der Waals surface area (Å²) in [6.45, 7) is 6.87. The van der Waals surface area contributed by atoms with E-state index in [2.05, 4.69) is 29.1 Å². The van der Waals surface area contributed by atoms with Gasteiger partial charge in [0.2, 0.25) is 5.88 Å². The van der Waals surface area contributed by atoms with Crippen LogP contribution < -0.4 is 15.8 Å². The Morgan fingerprint density at radius 2 is 2.00 bits per heavy atom. The topological polar surface area (TPSA) is 73.1 Å². The summed E-state index contributed by atoms with van der Waals surface area (Å²) in [5.41, 5.74) is 6.70. The molecule has 0 aliphatic heterocycles. The second-order valence-electron chi connectivity index (χ2n) is 5.89. The molecule has 0 atom stereocenters. The molecular weight excluding hydrogens is 252 g/mol. The molecule has 0 bridgehead atoms. The summed E-state index contributed by atoms with van der Waals surface area (Å²) < 4.78 is 5.73. The third kappa shape index (κ3) is 3.74. The summed E-state index contributed by atoms with van der Waals surface area (Å²) in [6.07, 6.45) is 5.71. The van der Waals surface area contributed by atoms with Gasteiger partial charge in [0, 0.05) is 12.5 Å². The predicted octanol–water partition coefficient (Wildman–Crippen LogP) is 3.01. The number of nitrogens with two attached hydrogens (primary N) is 1. The van der Waals surface area contributed by atoms with Crippen molar-refractivity contribution >= 4 is 11.5 Å². The van der Waals surface area contributed by atoms with Gasteiger partial charge >= 0.3 is 0 Å². The van der Waals surface area contributed by atoms with E-state index in [4.69, 9.17) is 10.5 Å². The monoisotopic (exact) mass is 278 g/mol. The zero-order chi connectivity index (χ0) is 14.5. The molecule has 0 spiro atoms. The van der Waals surface area contributed by atoms with E-state index < -0.39 is 0 Å². The lowest BCUT2D eigenvalue weighted by molar-refractivity contribution is 0.262. The molecule has 1 aliphatic carbocycles. The van der Waals surface area contributed by atoms with Gasteiger partial charge in [-0.2, -0.15) is 4.98 Å². The Balaban J connectivity index is 2.18. The molecule has 1 aliphatic rings. The van der Waals surface area contributed by atoms with Gasteiger partial charge in [0.25, 0.3) is 0 Å². The largest absolute Gasteiger partial charge is 0.476 e. The molecule has 0 amide bonds. The van der Waals surface area contributed by atoms with Crippen LogP contribution in [0.4, 0.5) is 11.5 Å². The molecule has 0 saturated heterocycles. The first-order chi connectivity index (χ1) is 9.60. The Hall–Kier alpha value is -1.52. The molecule has 1 aromatic rings. The van der Waals surface area contributed by atoms with Gasteiger partial charge in [-0.25, -0.2) is 4.98 Å². The van der Waals surface area contributed by atoms with Gasteiger partial charge in [0.05, 0.1) is 6.61 Å². The minimum Gasteiger partial charge on any atom is -0.476 e. The molecule has 5 heteroatoms. The van der Waals surface area contributed by atoms with Gasteiger partial charge in [-0.1, -0.05) is 33.6 Å². The summed E-state index contributed by atoms with van der Waals surface area (Å²) in [5, 5.41) is 3.46. The first-order valence-corrected chi connectivity index (χ1v) is 7.65. The minimum atomic E-state index is 0.445. The van der Waals surface area contributed by atoms with Crippen molar-refractivity contribution in [1.82, 2.24) is 9.97 Å². The highest BCUT2D eigenvalue weighted by molar-refractivity contribution is 5.67. The Bertz CT molecular complexity index is 442. The Morgan fingerprint density at radius 1 is 1.30 bits per heavy atom. The second-order valence-corrected chi connectivity index (χ2v) is 5.89. The molecule has 2 rings (SSSR count). The molecule has 1 heterocycles. The number of hydrogen-bond acceptors (Lipinski definition) is 5. The van der Waals surface area contributed by atoms with Gasteiger partial charge in [-0.15, -0.1) is 0 Å². The van der Waals surface area contributed by atoms with Gasteiger partial charge in [-0.05, 0) is 18.8 Å². The van der Waals surface area contributed by atoms with Crippen molar-refractivity contribution in [2.24, 2.45) is 5.92 Å². The van der Waals surface area contributed by atoms with E-state index in [1.807, 2.05) is 6.92 Å². The van der Waals surface area contributed by atoms with Crippen LogP contribution in [0.3, 0.4) is 0 Å². The number of nitrogen functional groups attached to an aromatic ring is 1. The van der Waals surface area contributed by atoms with Crippen LogP contribution in [0.25, 0.3) is 0 Å². The maximum Gasteiger partial charge on any atom is 0.242 e. The van der Waals surface area contributed by atoms with Crippen LogP contribution in [-0.2, 0) is 6.42 Å². The van der Waals surface area contributed by atoms with Crippen molar-refractivity contribution < 1.29 is 4.74 Å². The first kappa shape index (κ1) is 14.9. The van der Waals surface area contributed by atoms with E-state index in [1.54, 1.807) is 0 Å². The lowest BCUT2D eigenvalue weighted by Crippen LogP contribution is -2.19. The highest BCUT2D eigenvalue weighted by Crippen LogP contribution is 2.30. The Kier molecular flexibility index (Phi) is 5.04. The molecular formula is C15H26N4O. The van der Waals surface area contributed by atoms with E-state index >= 15 is 0 Å². The molecule has 5 nitrogen and oxygen atoms in total. The van der Waals surface area contributed by atoms with E-state index in [9.17, 15) is 0 Å². The number of anilines is 2. The molecule has 3 N–H and O–H groups in total. The van der Waals surface area contributed by atoms with Crippen LogP contribution in [0, 0.1) is 5.92 Å². The molecule has 112 valence electrons. The smallest absolute Gasteiger partial charge is 0.242 e. The number of aryl methyl sites for hydroxylation is 1. The number of hydrogen-bond donors (Lipinski definition) is 2. The molecule has 1 saturated carbocycles. The van der Waals surface area contributed by atoms with E-state index in [0.29, 0.717) is 30.1 Å². The van der Waals surface area contributed by atoms with Crippen molar-refractivity contribution in [2.75, 3.05) is 17.7 Å². The summed E-state index contributed by atoms with van der Waals surface area (Å²) in [6, 6.07) is 0.481. The van der Waals surface area contributed by atoms with Crippen LogP contribution in [0.15, 0.2) is 0 Å². The summed E-state index contributed by atoms with van der Waals surface area (Å²) in [7, 11) is 0. The van der Waals surface area contributed by atoms with Crippen molar-refractivity contribution in [1.29, 1.82) is 0 Å². The second kappa shape index (κ2) is 6.77. The zero-order valence-corrected chi connectivity index (χ0v) is 12.8. The number of nitrogens with one attached hydrogen (secondary N) is 1. The number of nitrogens with zero attached hydrogens (tertiary/aromatic N) is 2. The van der Waals surface area contributed by atoms with E-state index in [0.717, 1.165) is 18.1 Å². The molecule has 0 aromatic carbocycles. The van der Waals surface area contributed by atoms with Crippen molar-refractivity contribution in [3.63, 3.8) is 0 Å². The third-order valence-corrected chi connectivity index (χ3v) is 3.52. The molecule has 0 unspecified atom stereocenters. The van der Waals surface area contributed by atoms with Crippen molar-refractivity contribution in [3.8, 4) is 5.88 Å². The fraction of sp³-hybridized carbons (Fsp3) is 0.733. The lowest BCUT2D eigenvalue weighted by Gasteiger charge is -2.17. The summed E-state index contributed by atoms with van der Waals surface area (Å²) in [4.78, 5) is 8.91. The van der Waals surface area contributed by atoms with Crippen LogP contribution in [0.1, 0.15) is 52.3 Å². The average molecular weight is 278 g/mol. The lowest BCUT2D eigenvalue weighted by atomic mass is 10.2. The molecule has 1 aromatic heterocycles. The Morgan fingerprint density at radius 3 is 2.60 bits per heavy atom. The van der Waals surface area contributed by atoms with E-state index in [-0.39, 0.29) is 0 Å². The molecule has 0 radical (unpaired) electrons. The number of rotatable bonds is 6.